The molecule has 110 valence electrons. The molecule has 1 amide bonds. The molecule has 0 bridgehead atoms. The van der Waals surface area contributed by atoms with E-state index in [0.717, 1.165) is 11.1 Å². The van der Waals surface area contributed by atoms with Crippen molar-refractivity contribution in [2.24, 2.45) is 5.73 Å². The summed E-state index contributed by atoms with van der Waals surface area (Å²) in [7, 11) is 1.79. The summed E-state index contributed by atoms with van der Waals surface area (Å²) in [6, 6.07) is 17.1. The fourth-order valence-corrected chi connectivity index (χ4v) is 2.53. The average molecular weight is 300 g/mol. The first kappa shape index (κ1) is 15.6. The lowest BCUT2D eigenvalue weighted by molar-refractivity contribution is -0.131. The SMILES string of the molecule is CSc1ccc(CN(C)C(=O)C(N)c2ccccc2)cc1. The van der Waals surface area contributed by atoms with Crippen molar-refractivity contribution >= 4 is 17.7 Å². The van der Waals surface area contributed by atoms with Gasteiger partial charge in [-0.05, 0) is 29.5 Å². The summed E-state index contributed by atoms with van der Waals surface area (Å²) >= 11 is 1.70. The van der Waals surface area contributed by atoms with E-state index < -0.39 is 6.04 Å². The van der Waals surface area contributed by atoms with Crippen LogP contribution in [-0.4, -0.2) is 24.1 Å². The Morgan fingerprint density at radius 2 is 1.76 bits per heavy atom. The first-order valence-corrected chi connectivity index (χ1v) is 8.02. The number of hydrogen-bond acceptors (Lipinski definition) is 3. The number of nitrogens with two attached hydrogens (primary N) is 1. The molecule has 0 aromatic heterocycles. The lowest BCUT2D eigenvalue weighted by Gasteiger charge is -2.21. The molecule has 0 heterocycles. The maximum absolute atomic E-state index is 12.4. The molecule has 1 atom stereocenters. The number of carbonyl (C=O) groups is 1. The quantitative estimate of drug-likeness (QED) is 0.863. The highest BCUT2D eigenvalue weighted by molar-refractivity contribution is 7.98. The second kappa shape index (κ2) is 7.29. The summed E-state index contributed by atoms with van der Waals surface area (Å²) in [5.74, 6) is -0.0739. The molecule has 4 heteroatoms. The van der Waals surface area contributed by atoms with Crippen LogP contribution < -0.4 is 5.73 Å². The molecule has 0 aliphatic rings. The van der Waals surface area contributed by atoms with Crippen molar-refractivity contribution in [1.29, 1.82) is 0 Å². The Bertz CT molecular complexity index is 583. The smallest absolute Gasteiger partial charge is 0.244 e. The Morgan fingerprint density at radius 1 is 1.14 bits per heavy atom. The highest BCUT2D eigenvalue weighted by atomic mass is 32.2. The molecular formula is C17H20N2OS. The van der Waals surface area contributed by atoms with Gasteiger partial charge in [-0.3, -0.25) is 4.79 Å². The molecular weight excluding hydrogens is 280 g/mol. The Hall–Kier alpha value is -1.78. The molecule has 0 aliphatic heterocycles. The minimum Gasteiger partial charge on any atom is -0.340 e. The van der Waals surface area contributed by atoms with Gasteiger partial charge < -0.3 is 10.6 Å². The van der Waals surface area contributed by atoms with Crippen LogP contribution in [0, 0.1) is 0 Å². The lowest BCUT2D eigenvalue weighted by Crippen LogP contribution is -2.35. The maximum Gasteiger partial charge on any atom is 0.244 e. The van der Waals surface area contributed by atoms with E-state index in [4.69, 9.17) is 5.73 Å². The van der Waals surface area contributed by atoms with Crippen molar-refractivity contribution in [2.75, 3.05) is 13.3 Å². The van der Waals surface area contributed by atoms with Crippen LogP contribution in [0.1, 0.15) is 17.2 Å². The van der Waals surface area contributed by atoms with E-state index in [2.05, 4.69) is 12.1 Å². The number of thioether (sulfide) groups is 1. The van der Waals surface area contributed by atoms with Crippen molar-refractivity contribution in [3.63, 3.8) is 0 Å². The van der Waals surface area contributed by atoms with Crippen molar-refractivity contribution in [2.45, 2.75) is 17.5 Å². The third kappa shape index (κ3) is 4.09. The van der Waals surface area contributed by atoms with Gasteiger partial charge in [0.05, 0.1) is 0 Å². The minimum absolute atomic E-state index is 0.0739. The molecule has 0 radical (unpaired) electrons. The van der Waals surface area contributed by atoms with Crippen molar-refractivity contribution in [1.82, 2.24) is 4.90 Å². The predicted octanol–water partition coefficient (Wildman–Crippen LogP) is 3.07. The zero-order valence-electron chi connectivity index (χ0n) is 12.3. The predicted molar refractivity (Wildman–Crippen MR) is 88.1 cm³/mol. The van der Waals surface area contributed by atoms with Crippen LogP contribution >= 0.6 is 11.8 Å². The lowest BCUT2D eigenvalue weighted by atomic mass is 10.1. The standard InChI is InChI=1S/C17H20N2OS/c1-19(12-13-8-10-15(21-2)11-9-13)17(20)16(18)14-6-4-3-5-7-14/h3-11,16H,12,18H2,1-2H3. The second-order valence-corrected chi connectivity index (χ2v) is 5.81. The van der Waals surface area contributed by atoms with Crippen molar-refractivity contribution in [3.8, 4) is 0 Å². The molecule has 2 aromatic rings. The van der Waals surface area contributed by atoms with E-state index in [0.29, 0.717) is 6.54 Å². The molecule has 21 heavy (non-hydrogen) atoms. The third-order valence-corrected chi connectivity index (χ3v) is 4.12. The van der Waals surface area contributed by atoms with Gasteiger partial charge in [-0.25, -0.2) is 0 Å². The zero-order chi connectivity index (χ0) is 15.2. The minimum atomic E-state index is -0.610. The number of rotatable bonds is 5. The zero-order valence-corrected chi connectivity index (χ0v) is 13.1. The maximum atomic E-state index is 12.4. The molecule has 3 nitrogen and oxygen atoms in total. The number of benzene rings is 2. The van der Waals surface area contributed by atoms with Crippen LogP contribution in [0.3, 0.4) is 0 Å². The van der Waals surface area contributed by atoms with Crippen LogP contribution in [0.25, 0.3) is 0 Å². The molecule has 2 N–H and O–H groups in total. The first-order valence-electron chi connectivity index (χ1n) is 6.80. The van der Waals surface area contributed by atoms with Gasteiger partial charge in [-0.15, -0.1) is 11.8 Å². The summed E-state index contributed by atoms with van der Waals surface area (Å²) in [6.07, 6.45) is 2.05. The van der Waals surface area contributed by atoms with Crippen LogP contribution in [0.15, 0.2) is 59.5 Å². The van der Waals surface area contributed by atoms with Crippen LogP contribution in [-0.2, 0) is 11.3 Å². The average Bonchev–Trinajstić information content (AvgIpc) is 2.55. The fourth-order valence-electron chi connectivity index (χ4n) is 2.12. The molecule has 0 fully saturated rings. The second-order valence-electron chi connectivity index (χ2n) is 4.93. The highest BCUT2D eigenvalue weighted by Crippen LogP contribution is 2.17. The summed E-state index contributed by atoms with van der Waals surface area (Å²) in [5, 5.41) is 0. The van der Waals surface area contributed by atoms with E-state index in [-0.39, 0.29) is 5.91 Å². The molecule has 0 saturated heterocycles. The Labute approximate surface area is 130 Å². The van der Waals surface area contributed by atoms with Crippen molar-refractivity contribution in [3.05, 3.63) is 65.7 Å². The highest BCUT2D eigenvalue weighted by Gasteiger charge is 2.19. The van der Waals surface area contributed by atoms with E-state index in [9.17, 15) is 4.79 Å². The van der Waals surface area contributed by atoms with Crippen LogP contribution in [0.4, 0.5) is 0 Å². The molecule has 0 aliphatic carbocycles. The van der Waals surface area contributed by atoms with Gasteiger partial charge in [-0.1, -0.05) is 42.5 Å². The van der Waals surface area contributed by atoms with E-state index in [1.165, 1.54) is 4.90 Å². The van der Waals surface area contributed by atoms with Gasteiger partial charge >= 0.3 is 0 Å². The Morgan fingerprint density at radius 3 is 2.33 bits per heavy atom. The fraction of sp³-hybridized carbons (Fsp3) is 0.235. The number of nitrogens with zero attached hydrogens (tertiary/aromatic N) is 1. The van der Waals surface area contributed by atoms with Crippen LogP contribution in [0.2, 0.25) is 0 Å². The van der Waals surface area contributed by atoms with Crippen LogP contribution in [0.5, 0.6) is 0 Å². The Balaban J connectivity index is 2.01. The third-order valence-electron chi connectivity index (χ3n) is 3.38. The van der Waals surface area contributed by atoms with Crippen molar-refractivity contribution < 1.29 is 4.79 Å². The van der Waals surface area contributed by atoms with Gasteiger partial charge in [-0.2, -0.15) is 0 Å². The summed E-state index contributed by atoms with van der Waals surface area (Å²) < 4.78 is 0. The molecule has 2 aromatic carbocycles. The Kier molecular flexibility index (Phi) is 5.42. The monoisotopic (exact) mass is 300 g/mol. The normalized spacial score (nSPS) is 12.0. The van der Waals surface area contributed by atoms with Gasteiger partial charge in [0.2, 0.25) is 5.91 Å². The largest absolute Gasteiger partial charge is 0.340 e. The van der Waals surface area contributed by atoms with Gasteiger partial charge in [0.15, 0.2) is 0 Å². The van der Waals surface area contributed by atoms with Gasteiger partial charge in [0.25, 0.3) is 0 Å². The van der Waals surface area contributed by atoms with Gasteiger partial charge in [0.1, 0.15) is 6.04 Å². The van der Waals surface area contributed by atoms with Gasteiger partial charge in [0, 0.05) is 18.5 Å². The molecule has 0 saturated carbocycles. The van der Waals surface area contributed by atoms with E-state index >= 15 is 0 Å². The molecule has 2 rings (SSSR count). The number of carbonyl (C=O) groups excluding carboxylic acids is 1. The number of amides is 1. The summed E-state index contributed by atoms with van der Waals surface area (Å²) in [5.41, 5.74) is 7.98. The topological polar surface area (TPSA) is 46.3 Å². The van der Waals surface area contributed by atoms with E-state index in [1.54, 1.807) is 23.7 Å². The summed E-state index contributed by atoms with van der Waals surface area (Å²) in [6.45, 7) is 0.564. The molecule has 0 spiro atoms. The summed E-state index contributed by atoms with van der Waals surface area (Å²) in [4.78, 5) is 15.3. The van der Waals surface area contributed by atoms with E-state index in [1.807, 2.05) is 48.7 Å². The number of likely N-dealkylation sites (N-methyl/N-ethyl adjacent to an activating group) is 1. The first-order chi connectivity index (χ1) is 10.1. The number of hydrogen-bond donors (Lipinski definition) is 1. The molecule has 1 unspecified atom stereocenters.